The van der Waals surface area contributed by atoms with Crippen molar-refractivity contribution in [3.8, 4) is 0 Å². The molecule has 0 bridgehead atoms. The van der Waals surface area contributed by atoms with Crippen molar-refractivity contribution in [1.29, 1.82) is 0 Å². The second kappa shape index (κ2) is 4.51. The Morgan fingerprint density at radius 3 is 2.29 bits per heavy atom. The molecule has 0 aromatic heterocycles. The zero-order valence-electron chi connectivity index (χ0n) is 6.95. The van der Waals surface area contributed by atoms with Crippen molar-refractivity contribution in [1.82, 2.24) is 0 Å². The number of halogens is 3. The molecule has 0 saturated heterocycles. The van der Waals surface area contributed by atoms with Crippen molar-refractivity contribution in [2.24, 2.45) is 0 Å². The Balaban J connectivity index is 2.87. The van der Waals surface area contributed by atoms with Gasteiger partial charge >= 0.3 is 0 Å². The largest absolute Gasteiger partial charge is 0.293 e. The first-order valence-electron chi connectivity index (χ1n) is 3.77. The van der Waals surface area contributed by atoms with Gasteiger partial charge in [-0.25, -0.2) is 4.39 Å². The average molecular weight is 253 g/mol. The Bertz CT molecular complexity index is 323. The van der Waals surface area contributed by atoms with Gasteiger partial charge in [-0.1, -0.05) is 53.5 Å². The minimum Gasteiger partial charge on any atom is -0.293 e. The summed E-state index contributed by atoms with van der Waals surface area (Å²) in [4.78, 5) is 11.5. The monoisotopic (exact) mass is 252 g/mol. The highest BCUT2D eigenvalue weighted by atomic mass is 35.5. The highest BCUT2D eigenvalue weighted by Crippen LogP contribution is 2.32. The molecule has 1 aromatic carbocycles. The number of hydrogen-bond donors (Lipinski definition) is 1. The standard InChI is InChI=1S/C9H7Cl2FOS/c10-9(11,12)8(14)7(13)6-4-2-1-3-5-6/h1-5,8,14H. The first-order valence-corrected chi connectivity index (χ1v) is 5.04. The molecule has 1 atom stereocenters. The van der Waals surface area contributed by atoms with E-state index in [-0.39, 0.29) is 0 Å². The fourth-order valence-corrected chi connectivity index (χ4v) is 1.26. The molecular formula is C9H7Cl2FOS. The number of Topliss-reactive ketones (excluding diaryl/α,β-unsaturated/α-hetero) is 1. The van der Waals surface area contributed by atoms with E-state index in [0.717, 1.165) is 0 Å². The van der Waals surface area contributed by atoms with Gasteiger partial charge in [0.2, 0.25) is 0 Å². The summed E-state index contributed by atoms with van der Waals surface area (Å²) < 4.78 is 10.3. The Labute approximate surface area is 96.6 Å². The van der Waals surface area contributed by atoms with E-state index in [1.165, 1.54) is 0 Å². The number of carbonyl (C=O) groups excluding carboxylic acids is 1. The predicted octanol–water partition coefficient (Wildman–Crippen LogP) is 3.27. The lowest BCUT2D eigenvalue weighted by Crippen LogP contribution is -2.29. The maximum Gasteiger partial charge on any atom is 0.276 e. The van der Waals surface area contributed by atoms with E-state index in [2.05, 4.69) is 12.6 Å². The van der Waals surface area contributed by atoms with Crippen molar-refractivity contribution in [2.75, 3.05) is 0 Å². The number of rotatable bonds is 3. The minimum atomic E-state index is -2.66. The molecular weight excluding hydrogens is 246 g/mol. The fourth-order valence-electron chi connectivity index (χ4n) is 0.909. The third-order valence-corrected chi connectivity index (χ3v) is 2.95. The van der Waals surface area contributed by atoms with Crippen molar-refractivity contribution in [2.45, 2.75) is 9.84 Å². The van der Waals surface area contributed by atoms with Gasteiger partial charge in [-0.15, -0.1) is 0 Å². The van der Waals surface area contributed by atoms with Crippen LogP contribution in [0.5, 0.6) is 0 Å². The lowest BCUT2D eigenvalue weighted by molar-refractivity contribution is 0.0967. The SMILES string of the molecule is O=C(c1ccccc1)C(S)C(F)(Cl)Cl. The van der Waals surface area contributed by atoms with Gasteiger partial charge in [0.1, 0.15) is 5.25 Å². The normalized spacial score (nSPS) is 13.7. The molecule has 14 heavy (non-hydrogen) atoms. The summed E-state index contributed by atoms with van der Waals surface area (Å²) in [5, 5.41) is -1.38. The van der Waals surface area contributed by atoms with Crippen LogP contribution < -0.4 is 0 Å². The van der Waals surface area contributed by atoms with Crippen LogP contribution in [-0.4, -0.2) is 15.6 Å². The van der Waals surface area contributed by atoms with Gasteiger partial charge in [0.05, 0.1) is 0 Å². The van der Waals surface area contributed by atoms with Crippen LogP contribution in [0.2, 0.25) is 0 Å². The van der Waals surface area contributed by atoms with Gasteiger partial charge < -0.3 is 0 Å². The molecule has 0 fully saturated rings. The number of alkyl halides is 3. The van der Waals surface area contributed by atoms with Crippen LogP contribution in [0.3, 0.4) is 0 Å². The topological polar surface area (TPSA) is 17.1 Å². The number of carbonyl (C=O) groups is 1. The number of hydrogen-bond acceptors (Lipinski definition) is 2. The van der Waals surface area contributed by atoms with Crippen molar-refractivity contribution in [3.05, 3.63) is 35.9 Å². The first-order chi connectivity index (χ1) is 6.43. The van der Waals surface area contributed by atoms with E-state index in [9.17, 15) is 9.18 Å². The van der Waals surface area contributed by atoms with Crippen LogP contribution in [0.4, 0.5) is 4.39 Å². The molecule has 1 aromatic rings. The minimum absolute atomic E-state index is 0.329. The van der Waals surface area contributed by atoms with Gasteiger partial charge in [-0.2, -0.15) is 12.6 Å². The Morgan fingerprint density at radius 1 is 1.36 bits per heavy atom. The van der Waals surface area contributed by atoms with Crippen molar-refractivity contribution < 1.29 is 9.18 Å². The molecule has 0 aliphatic heterocycles. The summed E-state index contributed by atoms with van der Waals surface area (Å²) in [5.41, 5.74) is 0.329. The Hall–Kier alpha value is -0.250. The van der Waals surface area contributed by atoms with Gasteiger partial charge in [0.25, 0.3) is 4.59 Å². The molecule has 0 N–H and O–H groups in total. The van der Waals surface area contributed by atoms with Gasteiger partial charge in [-0.05, 0) is 0 Å². The highest BCUT2D eigenvalue weighted by molar-refractivity contribution is 7.82. The lowest BCUT2D eigenvalue weighted by atomic mass is 10.1. The van der Waals surface area contributed by atoms with E-state index in [4.69, 9.17) is 23.2 Å². The van der Waals surface area contributed by atoms with Gasteiger partial charge in [0.15, 0.2) is 5.78 Å². The van der Waals surface area contributed by atoms with Crippen LogP contribution in [0.15, 0.2) is 30.3 Å². The smallest absolute Gasteiger partial charge is 0.276 e. The van der Waals surface area contributed by atoms with Gasteiger partial charge in [0, 0.05) is 5.56 Å². The number of benzene rings is 1. The molecule has 1 rings (SSSR count). The van der Waals surface area contributed by atoms with E-state index in [1.54, 1.807) is 30.3 Å². The molecule has 0 saturated carbocycles. The third-order valence-electron chi connectivity index (χ3n) is 1.62. The summed E-state index contributed by atoms with van der Waals surface area (Å²) in [6.45, 7) is 0. The van der Waals surface area contributed by atoms with Crippen LogP contribution in [0, 0.1) is 0 Å². The Morgan fingerprint density at radius 2 is 1.86 bits per heavy atom. The summed E-state index contributed by atoms with van der Waals surface area (Å²) in [6.07, 6.45) is 0. The summed E-state index contributed by atoms with van der Waals surface area (Å²) in [7, 11) is 0. The molecule has 0 amide bonds. The second-order valence-corrected chi connectivity index (χ2v) is 4.48. The molecule has 0 spiro atoms. The fraction of sp³-hybridized carbons (Fsp3) is 0.222. The predicted molar refractivity (Wildman–Crippen MR) is 59.1 cm³/mol. The quantitative estimate of drug-likeness (QED) is 0.497. The van der Waals surface area contributed by atoms with Gasteiger partial charge in [-0.3, -0.25) is 4.79 Å². The van der Waals surface area contributed by atoms with E-state index in [1.807, 2.05) is 0 Å². The summed E-state index contributed by atoms with van der Waals surface area (Å²) in [5.74, 6) is -0.540. The zero-order chi connectivity index (χ0) is 10.8. The molecule has 76 valence electrons. The summed E-state index contributed by atoms with van der Waals surface area (Å²) >= 11 is 14.0. The van der Waals surface area contributed by atoms with Crippen LogP contribution in [-0.2, 0) is 0 Å². The van der Waals surface area contributed by atoms with Crippen molar-refractivity contribution in [3.63, 3.8) is 0 Å². The first kappa shape index (κ1) is 11.8. The summed E-state index contributed by atoms with van der Waals surface area (Å²) in [6, 6.07) is 8.16. The third kappa shape index (κ3) is 2.87. The van der Waals surface area contributed by atoms with E-state index < -0.39 is 15.6 Å². The average Bonchev–Trinajstić information content (AvgIpc) is 2.15. The van der Waals surface area contributed by atoms with Crippen LogP contribution in [0.1, 0.15) is 10.4 Å². The second-order valence-electron chi connectivity index (χ2n) is 2.67. The zero-order valence-corrected chi connectivity index (χ0v) is 9.36. The molecule has 1 nitrogen and oxygen atoms in total. The number of thiol groups is 1. The van der Waals surface area contributed by atoms with E-state index >= 15 is 0 Å². The molecule has 5 heteroatoms. The highest BCUT2D eigenvalue weighted by Gasteiger charge is 2.37. The lowest BCUT2D eigenvalue weighted by Gasteiger charge is -2.16. The van der Waals surface area contributed by atoms with Crippen LogP contribution >= 0.6 is 35.8 Å². The molecule has 0 radical (unpaired) electrons. The van der Waals surface area contributed by atoms with Crippen LogP contribution in [0.25, 0.3) is 0 Å². The number of ketones is 1. The maximum absolute atomic E-state index is 13.0. The Kier molecular flexibility index (Phi) is 3.81. The molecule has 0 heterocycles. The van der Waals surface area contributed by atoms with E-state index in [0.29, 0.717) is 5.56 Å². The maximum atomic E-state index is 13.0. The molecule has 1 unspecified atom stereocenters. The van der Waals surface area contributed by atoms with Crippen molar-refractivity contribution >= 4 is 41.6 Å². The molecule has 0 aliphatic carbocycles. The molecule has 0 aliphatic rings.